The van der Waals surface area contributed by atoms with Gasteiger partial charge in [-0.2, -0.15) is 5.26 Å². The molecule has 1 heterocycles. The first kappa shape index (κ1) is 23.6. The lowest BCUT2D eigenvalue weighted by molar-refractivity contribution is -0.129. The minimum atomic E-state index is -1.14. The Kier molecular flexibility index (Phi) is 7.20. The lowest BCUT2D eigenvalue weighted by atomic mass is 10.0. The highest BCUT2D eigenvalue weighted by molar-refractivity contribution is 7.14. The van der Waals surface area contributed by atoms with E-state index in [2.05, 4.69) is 5.32 Å². The van der Waals surface area contributed by atoms with Gasteiger partial charge in [0.05, 0.1) is 0 Å². The highest BCUT2D eigenvalue weighted by Gasteiger charge is 2.26. The molecule has 0 aliphatic heterocycles. The van der Waals surface area contributed by atoms with Crippen LogP contribution in [0.3, 0.4) is 0 Å². The molecule has 33 heavy (non-hydrogen) atoms. The first-order valence-electron chi connectivity index (χ1n) is 9.87. The smallest absolute Gasteiger partial charge is 0.345 e. The number of nitrogens with one attached hydrogen (secondary N) is 1. The van der Waals surface area contributed by atoms with Gasteiger partial charge in [0.1, 0.15) is 16.7 Å². The fourth-order valence-electron chi connectivity index (χ4n) is 3.28. The van der Waals surface area contributed by atoms with E-state index >= 15 is 0 Å². The maximum absolute atomic E-state index is 14.1. The van der Waals surface area contributed by atoms with E-state index in [1.165, 1.54) is 36.6 Å². The molecule has 0 aliphatic rings. The van der Waals surface area contributed by atoms with Gasteiger partial charge in [-0.15, -0.1) is 11.3 Å². The van der Waals surface area contributed by atoms with Crippen molar-refractivity contribution in [1.82, 2.24) is 10.2 Å². The summed E-state index contributed by atoms with van der Waals surface area (Å²) >= 11 is 1.17. The van der Waals surface area contributed by atoms with Gasteiger partial charge in [0, 0.05) is 23.9 Å². The molecule has 1 atom stereocenters. The normalized spacial score (nSPS) is 11.3. The van der Waals surface area contributed by atoms with Gasteiger partial charge in [0.25, 0.3) is 11.8 Å². The molecule has 3 aromatic rings. The third-order valence-corrected chi connectivity index (χ3v) is 6.09. The summed E-state index contributed by atoms with van der Waals surface area (Å²) in [7, 11) is 1.27. The van der Waals surface area contributed by atoms with E-state index in [9.17, 15) is 23.9 Å². The van der Waals surface area contributed by atoms with E-state index in [-0.39, 0.29) is 22.4 Å². The third-order valence-electron chi connectivity index (χ3n) is 5.05. The first-order chi connectivity index (χ1) is 15.7. The topological polar surface area (TPSA) is 110 Å². The number of carbonyl (C=O) groups excluding carboxylic acids is 2. The molecule has 0 aliphatic carbocycles. The van der Waals surface area contributed by atoms with Crippen LogP contribution in [0.5, 0.6) is 0 Å². The molecule has 2 amide bonds. The fourth-order valence-corrected chi connectivity index (χ4v) is 4.16. The molecule has 0 spiro atoms. The average molecular weight is 466 g/mol. The number of hydrogen-bond acceptors (Lipinski definition) is 5. The Morgan fingerprint density at radius 1 is 1.18 bits per heavy atom. The minimum absolute atomic E-state index is 0.118. The molecule has 1 aromatic heterocycles. The third kappa shape index (κ3) is 5.42. The maximum atomic E-state index is 14.1. The highest BCUT2D eigenvalue weighted by Crippen LogP contribution is 2.31. The number of rotatable bonds is 7. The molecule has 2 N–H and O–H groups in total. The molecule has 0 radical (unpaired) electrons. The van der Waals surface area contributed by atoms with Crippen molar-refractivity contribution in [3.63, 3.8) is 0 Å². The maximum Gasteiger partial charge on any atom is 0.345 e. The van der Waals surface area contributed by atoms with Crippen molar-refractivity contribution in [2.24, 2.45) is 0 Å². The molecule has 3 rings (SSSR count). The van der Waals surface area contributed by atoms with Crippen LogP contribution in [-0.2, 0) is 11.2 Å². The van der Waals surface area contributed by atoms with E-state index in [4.69, 9.17) is 5.26 Å². The second-order valence-electron chi connectivity index (χ2n) is 7.28. The molecule has 0 saturated heterocycles. The number of nitrogens with zero attached hydrogens (tertiary/aromatic N) is 2. The fraction of sp³-hybridized carbons (Fsp3) is 0.167. The van der Waals surface area contributed by atoms with Crippen LogP contribution < -0.4 is 5.32 Å². The number of carboxylic acid groups (broad SMARTS) is 1. The quantitative estimate of drug-likeness (QED) is 0.407. The molecular weight excluding hydrogens is 445 g/mol. The van der Waals surface area contributed by atoms with Crippen LogP contribution in [0.25, 0.3) is 11.1 Å². The lowest BCUT2D eigenvalue weighted by Gasteiger charge is -2.20. The molecule has 0 saturated carbocycles. The molecule has 0 fully saturated rings. The number of hydrogen-bond donors (Lipinski definition) is 2. The Hall–Kier alpha value is -4.03. The number of aromatic carboxylic acids is 1. The monoisotopic (exact) mass is 465 g/mol. The zero-order chi connectivity index (χ0) is 24.1. The van der Waals surface area contributed by atoms with Crippen molar-refractivity contribution in [2.75, 3.05) is 7.05 Å². The molecule has 0 bridgehead atoms. The number of aryl methyl sites for hydroxylation is 1. The van der Waals surface area contributed by atoms with Crippen LogP contribution in [0.1, 0.15) is 30.5 Å². The summed E-state index contributed by atoms with van der Waals surface area (Å²) in [5.41, 5.74) is 2.00. The Morgan fingerprint density at radius 3 is 2.42 bits per heavy atom. The van der Waals surface area contributed by atoms with Crippen LogP contribution in [0.2, 0.25) is 0 Å². The van der Waals surface area contributed by atoms with E-state index in [1.54, 1.807) is 42.6 Å². The van der Waals surface area contributed by atoms with Crippen molar-refractivity contribution >= 4 is 29.1 Å². The van der Waals surface area contributed by atoms with Gasteiger partial charge >= 0.3 is 5.97 Å². The average Bonchev–Trinajstić information content (AvgIpc) is 3.21. The summed E-state index contributed by atoms with van der Waals surface area (Å²) in [6.45, 7) is 1.82. The van der Waals surface area contributed by atoms with Gasteiger partial charge in [0.2, 0.25) is 0 Å². The second-order valence-corrected chi connectivity index (χ2v) is 8.54. The van der Waals surface area contributed by atoms with Crippen molar-refractivity contribution in [3.8, 4) is 17.3 Å². The van der Waals surface area contributed by atoms with Crippen molar-refractivity contribution in [2.45, 2.75) is 19.4 Å². The number of benzene rings is 2. The van der Waals surface area contributed by atoms with Gasteiger partial charge in [0.15, 0.2) is 6.19 Å². The van der Waals surface area contributed by atoms with Crippen LogP contribution >= 0.6 is 11.3 Å². The predicted octanol–water partition coefficient (Wildman–Crippen LogP) is 3.84. The van der Waals surface area contributed by atoms with Crippen LogP contribution in [0.4, 0.5) is 4.39 Å². The Bertz CT molecular complexity index is 1250. The van der Waals surface area contributed by atoms with Crippen LogP contribution in [0, 0.1) is 24.2 Å². The Morgan fingerprint density at radius 2 is 1.85 bits per heavy atom. The van der Waals surface area contributed by atoms with Gasteiger partial charge in [-0.05, 0) is 47.9 Å². The number of nitriles is 1. The number of carbonyl (C=O) groups is 3. The summed E-state index contributed by atoms with van der Waals surface area (Å²) < 4.78 is 14.1. The summed E-state index contributed by atoms with van der Waals surface area (Å²) in [4.78, 5) is 38.5. The molecule has 2 aromatic carbocycles. The van der Waals surface area contributed by atoms with Gasteiger partial charge in [-0.3, -0.25) is 14.5 Å². The summed E-state index contributed by atoms with van der Waals surface area (Å²) in [5, 5.41) is 20.8. The molecule has 0 unspecified atom stereocenters. The van der Waals surface area contributed by atoms with E-state index in [0.29, 0.717) is 0 Å². The SMILES string of the molecule is Cc1sc(C(=O)O)cc1-c1ccc(C(=O)N[C@@H](Cc2ccccc2F)C(=O)N(C)C#N)cc1. The van der Waals surface area contributed by atoms with Crippen molar-refractivity contribution in [3.05, 3.63) is 81.3 Å². The highest BCUT2D eigenvalue weighted by atomic mass is 32.1. The second kappa shape index (κ2) is 10.1. The van der Waals surface area contributed by atoms with E-state index in [1.807, 2.05) is 6.92 Å². The van der Waals surface area contributed by atoms with Gasteiger partial charge in [-0.1, -0.05) is 30.3 Å². The molecular formula is C24H20FN3O4S. The molecule has 9 heteroatoms. The van der Waals surface area contributed by atoms with Crippen molar-refractivity contribution in [1.29, 1.82) is 5.26 Å². The number of likely N-dealkylation sites (N-methyl/N-ethyl adjacent to an activating group) is 1. The number of halogens is 1. The number of amides is 2. The molecule has 168 valence electrons. The number of carboxylic acids is 1. The van der Waals surface area contributed by atoms with E-state index < -0.39 is 29.6 Å². The van der Waals surface area contributed by atoms with Gasteiger partial charge < -0.3 is 10.4 Å². The Labute approximate surface area is 193 Å². The molecule has 7 nitrogen and oxygen atoms in total. The summed E-state index contributed by atoms with van der Waals surface area (Å²) in [6, 6.07) is 12.8. The number of thiophene rings is 1. The standard InChI is InChI=1S/C24H20FN3O4S/c1-14-18(12-21(33-14)24(31)32)15-7-9-16(10-8-15)22(29)27-20(23(30)28(2)13-26)11-17-5-3-4-6-19(17)25/h3-10,12,20H,11H2,1-2H3,(H,27,29)(H,31,32)/t20-/m0/s1. The zero-order valence-corrected chi connectivity index (χ0v) is 18.6. The Balaban J connectivity index is 1.81. The van der Waals surface area contributed by atoms with Crippen LogP contribution in [-0.4, -0.2) is 40.9 Å². The predicted molar refractivity (Wildman–Crippen MR) is 121 cm³/mol. The lowest BCUT2D eigenvalue weighted by Crippen LogP contribution is -2.47. The first-order valence-corrected chi connectivity index (χ1v) is 10.7. The van der Waals surface area contributed by atoms with Gasteiger partial charge in [-0.25, -0.2) is 9.18 Å². The van der Waals surface area contributed by atoms with E-state index in [0.717, 1.165) is 20.9 Å². The van der Waals surface area contributed by atoms with Crippen molar-refractivity contribution < 1.29 is 23.9 Å². The minimum Gasteiger partial charge on any atom is -0.477 e. The zero-order valence-electron chi connectivity index (χ0n) is 17.8. The van der Waals surface area contributed by atoms with Crippen LogP contribution in [0.15, 0.2) is 54.6 Å². The largest absolute Gasteiger partial charge is 0.477 e. The summed E-state index contributed by atoms with van der Waals surface area (Å²) in [6.07, 6.45) is 1.58. The summed E-state index contributed by atoms with van der Waals surface area (Å²) in [5.74, 6) is -2.74.